The van der Waals surface area contributed by atoms with E-state index >= 15 is 4.48 Å². The smallest absolute Gasteiger partial charge is 0.465 e. The molecule has 1 aliphatic carbocycles. The zero-order chi connectivity index (χ0) is 28.7. The molecule has 16 heteroatoms. The van der Waals surface area contributed by atoms with Crippen LogP contribution in [0.3, 0.4) is 0 Å². The minimum absolute atomic E-state index is 0.231. The molecule has 0 spiro atoms. The first kappa shape index (κ1) is 30.6. The third-order valence-electron chi connectivity index (χ3n) is 5.55. The number of benzene rings is 1. The normalized spacial score (nSPS) is 21.2. The van der Waals surface area contributed by atoms with E-state index in [-0.39, 0.29) is 7.05 Å². The summed E-state index contributed by atoms with van der Waals surface area (Å²) in [5.74, 6) is -16.1. The van der Waals surface area contributed by atoms with Gasteiger partial charge in [0.25, 0.3) is 0 Å². The van der Waals surface area contributed by atoms with Crippen molar-refractivity contribution in [1.82, 2.24) is 0 Å². The van der Waals surface area contributed by atoms with Crippen LogP contribution in [0.15, 0.2) is 48.6 Å². The molecule has 2 atom stereocenters. The Morgan fingerprint density at radius 3 is 1.97 bits per heavy atom. The fourth-order valence-corrected chi connectivity index (χ4v) is 4.84. The van der Waals surface area contributed by atoms with Crippen molar-refractivity contribution in [2.75, 3.05) is 20.2 Å². The van der Waals surface area contributed by atoms with Gasteiger partial charge in [-0.05, 0) is 21.7 Å². The second-order valence-corrected chi connectivity index (χ2v) is 10.7. The Morgan fingerprint density at radius 2 is 1.54 bits per heavy atom. The molecule has 2 rings (SSSR count). The maximum atomic E-state index is 15.4. The minimum atomic E-state index is -7.59. The van der Waals surface area contributed by atoms with Gasteiger partial charge in [-0.3, -0.25) is 4.79 Å². The van der Waals surface area contributed by atoms with Gasteiger partial charge >= 0.3 is 39.3 Å². The van der Waals surface area contributed by atoms with Crippen LogP contribution in [0.4, 0.5) is 44.0 Å². The van der Waals surface area contributed by atoms with Gasteiger partial charge in [-0.15, -0.1) is 0 Å². The van der Waals surface area contributed by atoms with Crippen molar-refractivity contribution >= 4 is 21.6 Å². The number of carbonyl (C=O) groups is 1. The van der Waals surface area contributed by atoms with Crippen LogP contribution in [0.1, 0.15) is 18.9 Å². The summed E-state index contributed by atoms with van der Waals surface area (Å²) in [5.41, 5.74) is -0.930. The van der Waals surface area contributed by atoms with Crippen LogP contribution in [0, 0.1) is 5.41 Å². The largest absolute Gasteiger partial charge is 0.467 e. The van der Waals surface area contributed by atoms with Gasteiger partial charge in [0.2, 0.25) is 0 Å². The van der Waals surface area contributed by atoms with Crippen molar-refractivity contribution in [2.24, 2.45) is 5.41 Å². The summed E-state index contributed by atoms with van der Waals surface area (Å²) in [7, 11) is -7.70. The Balaban J connectivity index is 2.50. The SMILES string of the molecule is CC(=O)OCC1(C[N+](C)(F)S(=O)(=O)C(F)(F)C(F)(F)C(F)(F)C(F)(F)F)C=CC(c2ccccc2)=CC1. The molecule has 1 aromatic rings. The molecule has 0 N–H and O–H groups in total. The standard InChI is InChI=1S/C21H20F10NO4S/c1-14(33)36-13-17(10-8-16(9-11-17)15-6-4-3-5-7-15)12-32(2,31)37(34,35)21(29,30)19(24,25)18(22,23)20(26,27)28/h3-10H,11-13H2,1-2H3/q+1. The molecule has 0 aliphatic heterocycles. The molecule has 0 heterocycles. The highest BCUT2D eigenvalue weighted by atomic mass is 32.2. The number of carbonyl (C=O) groups excluding carboxylic acids is 1. The molecule has 0 saturated heterocycles. The Morgan fingerprint density at radius 1 is 1.00 bits per heavy atom. The first-order valence-corrected chi connectivity index (χ1v) is 11.6. The number of nitrogens with zero attached hydrogens (tertiary/aromatic N) is 1. The number of alkyl halides is 9. The zero-order valence-electron chi connectivity index (χ0n) is 19.0. The Bertz CT molecular complexity index is 1180. The molecule has 1 aromatic carbocycles. The number of ether oxygens (including phenoxy) is 1. The van der Waals surface area contributed by atoms with Crippen LogP contribution in [0.5, 0.6) is 0 Å². The van der Waals surface area contributed by atoms with Gasteiger partial charge in [-0.25, -0.2) is 0 Å². The zero-order valence-corrected chi connectivity index (χ0v) is 19.8. The molecule has 0 fully saturated rings. The summed E-state index contributed by atoms with van der Waals surface area (Å²) in [4.78, 5) is 11.3. The van der Waals surface area contributed by atoms with Crippen LogP contribution >= 0.6 is 0 Å². The second-order valence-electron chi connectivity index (χ2n) is 8.49. The first-order chi connectivity index (χ1) is 16.5. The topological polar surface area (TPSA) is 60.4 Å². The third kappa shape index (κ3) is 5.35. The molecule has 5 nitrogen and oxygen atoms in total. The molecule has 208 valence electrons. The van der Waals surface area contributed by atoms with Crippen LogP contribution < -0.4 is 0 Å². The first-order valence-electron chi connectivity index (χ1n) is 10.1. The maximum absolute atomic E-state index is 15.4. The predicted molar refractivity (Wildman–Crippen MR) is 109 cm³/mol. The fourth-order valence-electron chi connectivity index (χ4n) is 3.49. The number of quaternary nitrogens is 1. The van der Waals surface area contributed by atoms with Gasteiger partial charge in [-0.1, -0.05) is 48.6 Å². The van der Waals surface area contributed by atoms with E-state index in [0.29, 0.717) is 11.1 Å². The van der Waals surface area contributed by atoms with E-state index < -0.39 is 68.4 Å². The minimum Gasteiger partial charge on any atom is -0.465 e. The molecule has 0 radical (unpaired) electrons. The third-order valence-corrected chi connectivity index (χ3v) is 7.59. The highest BCUT2D eigenvalue weighted by Crippen LogP contribution is 2.56. The van der Waals surface area contributed by atoms with Crippen LogP contribution in [0.2, 0.25) is 0 Å². The Labute approximate surface area is 204 Å². The molecular formula is C21H20F10NO4S+. The number of hydrogen-bond donors (Lipinski definition) is 0. The second kappa shape index (κ2) is 9.60. The number of esters is 1. The van der Waals surface area contributed by atoms with E-state index in [1.165, 1.54) is 12.2 Å². The van der Waals surface area contributed by atoms with Crippen LogP contribution in [0.25, 0.3) is 5.57 Å². The number of sulfonamides is 1. The van der Waals surface area contributed by atoms with Crippen molar-refractivity contribution in [2.45, 2.75) is 36.6 Å². The van der Waals surface area contributed by atoms with Gasteiger partial charge in [0.1, 0.15) is 20.2 Å². The molecule has 0 bridgehead atoms. The summed E-state index contributed by atoms with van der Waals surface area (Å²) in [6, 6.07) is 8.24. The molecule has 37 heavy (non-hydrogen) atoms. The molecular weight excluding hydrogens is 552 g/mol. The summed E-state index contributed by atoms with van der Waals surface area (Å²) in [6.45, 7) is -1.70. The van der Waals surface area contributed by atoms with Crippen LogP contribution in [-0.4, -0.2) is 62.0 Å². The summed E-state index contributed by atoms with van der Waals surface area (Å²) in [5, 5.41) is -7.23. The summed E-state index contributed by atoms with van der Waals surface area (Å²) >= 11 is 0. The van der Waals surface area contributed by atoms with Gasteiger partial charge in [0.15, 0.2) is 0 Å². The van der Waals surface area contributed by atoms with E-state index in [2.05, 4.69) is 0 Å². The van der Waals surface area contributed by atoms with Crippen molar-refractivity contribution in [1.29, 1.82) is 0 Å². The van der Waals surface area contributed by atoms with Crippen molar-refractivity contribution in [3.63, 3.8) is 0 Å². The lowest BCUT2D eigenvalue weighted by Gasteiger charge is -2.38. The van der Waals surface area contributed by atoms with Crippen molar-refractivity contribution in [3.05, 3.63) is 54.1 Å². The average Bonchev–Trinajstić information content (AvgIpc) is 2.77. The van der Waals surface area contributed by atoms with Gasteiger partial charge < -0.3 is 4.74 Å². The lowest BCUT2D eigenvalue weighted by Crippen LogP contribution is -2.67. The van der Waals surface area contributed by atoms with E-state index in [1.807, 2.05) is 0 Å². The monoisotopic (exact) mass is 572 g/mol. The number of halogens is 10. The van der Waals surface area contributed by atoms with E-state index in [9.17, 15) is 52.7 Å². The molecule has 0 amide bonds. The van der Waals surface area contributed by atoms with Gasteiger partial charge in [0.05, 0.1) is 5.41 Å². The molecule has 2 unspecified atom stereocenters. The number of rotatable bonds is 9. The average molecular weight is 572 g/mol. The molecule has 0 aromatic heterocycles. The van der Waals surface area contributed by atoms with Crippen LogP contribution in [-0.2, 0) is 19.6 Å². The Kier molecular flexibility index (Phi) is 7.94. The quantitative estimate of drug-likeness (QED) is 0.218. The van der Waals surface area contributed by atoms with Gasteiger partial charge in [0, 0.05) is 11.4 Å². The summed E-state index contributed by atoms with van der Waals surface area (Å²) in [6.07, 6.45) is -4.05. The lowest BCUT2D eigenvalue weighted by atomic mass is 9.79. The van der Waals surface area contributed by atoms with Crippen molar-refractivity contribution in [3.8, 4) is 0 Å². The van der Waals surface area contributed by atoms with E-state index in [0.717, 1.165) is 13.0 Å². The number of allylic oxidation sites excluding steroid dienone is 3. The molecule has 1 aliphatic rings. The molecule has 0 saturated carbocycles. The predicted octanol–water partition coefficient (Wildman–Crippen LogP) is 5.67. The number of hydrogen-bond acceptors (Lipinski definition) is 4. The van der Waals surface area contributed by atoms with Crippen molar-refractivity contribution < 1.29 is 66.1 Å². The van der Waals surface area contributed by atoms with E-state index in [4.69, 9.17) is 4.74 Å². The maximum Gasteiger partial charge on any atom is 0.467 e. The lowest BCUT2D eigenvalue weighted by molar-refractivity contribution is -0.939. The highest BCUT2D eigenvalue weighted by Gasteiger charge is 2.88. The summed E-state index contributed by atoms with van der Waals surface area (Å²) < 4.78 is 161. The Hall–Kier alpha value is -2.62. The fraction of sp³-hybridized carbons (Fsp3) is 0.476. The van der Waals surface area contributed by atoms with E-state index in [1.54, 1.807) is 30.3 Å². The van der Waals surface area contributed by atoms with Gasteiger partial charge in [-0.2, -0.15) is 47.9 Å². The highest BCUT2D eigenvalue weighted by molar-refractivity contribution is 7.87.